The number of nitrogens with one attached hydrogen (secondary N) is 1. The van der Waals surface area contributed by atoms with E-state index in [1.54, 1.807) is 33.6 Å². The topological polar surface area (TPSA) is 82.9 Å². The summed E-state index contributed by atoms with van der Waals surface area (Å²) in [4.78, 5) is 0. The fourth-order valence-corrected chi connectivity index (χ4v) is 2.90. The van der Waals surface area contributed by atoms with E-state index in [0.29, 0.717) is 40.2 Å². The van der Waals surface area contributed by atoms with E-state index >= 15 is 0 Å². The Morgan fingerprint density at radius 3 is 2.52 bits per heavy atom. The lowest BCUT2D eigenvalue weighted by Gasteiger charge is -2.10. The van der Waals surface area contributed by atoms with Crippen LogP contribution in [0.2, 0.25) is 0 Å². The summed E-state index contributed by atoms with van der Waals surface area (Å²) in [6.07, 6.45) is 1.67. The number of nitrogens with zero attached hydrogens (tertiary/aromatic N) is 3. The maximum absolute atomic E-state index is 5.61. The van der Waals surface area contributed by atoms with Crippen LogP contribution in [0.5, 0.6) is 23.0 Å². The molecule has 1 N–H and O–H groups in total. The predicted molar refractivity (Wildman–Crippen MR) is 113 cm³/mol. The number of ether oxygens (including phenoxy) is 4. The Morgan fingerprint density at radius 1 is 1.03 bits per heavy atom. The Morgan fingerprint density at radius 2 is 1.83 bits per heavy atom. The molecular weight excluding hydrogens is 392 g/mol. The highest BCUT2D eigenvalue weighted by Crippen LogP contribution is 2.32. The molecule has 0 aliphatic heterocycles. The van der Waals surface area contributed by atoms with Crippen LogP contribution in [0.3, 0.4) is 0 Å². The summed E-state index contributed by atoms with van der Waals surface area (Å²) in [6.45, 7) is 2.45. The number of H-pyrrole nitrogens is 1. The molecule has 0 aliphatic carbocycles. The zero-order chi connectivity index (χ0) is 20.8. The average Bonchev–Trinajstić information content (AvgIpc) is 3.12. The van der Waals surface area contributed by atoms with Crippen LogP contribution in [0.4, 0.5) is 0 Å². The minimum atomic E-state index is 0.354. The zero-order valence-electron chi connectivity index (χ0n) is 16.6. The van der Waals surface area contributed by atoms with Crippen molar-refractivity contribution in [3.05, 3.63) is 46.7 Å². The normalized spacial score (nSPS) is 10.9. The van der Waals surface area contributed by atoms with Gasteiger partial charge in [0, 0.05) is 6.07 Å². The van der Waals surface area contributed by atoms with Crippen molar-refractivity contribution in [2.75, 3.05) is 27.9 Å². The highest BCUT2D eigenvalue weighted by Gasteiger charge is 2.14. The summed E-state index contributed by atoms with van der Waals surface area (Å²) >= 11 is 5.34. The van der Waals surface area contributed by atoms with Crippen molar-refractivity contribution in [1.29, 1.82) is 0 Å². The van der Waals surface area contributed by atoms with E-state index in [-0.39, 0.29) is 0 Å². The Hall–Kier alpha value is -3.33. The lowest BCUT2D eigenvalue weighted by atomic mass is 10.2. The maximum Gasteiger partial charge on any atom is 0.216 e. The molecule has 2 aromatic carbocycles. The fourth-order valence-electron chi connectivity index (χ4n) is 2.72. The van der Waals surface area contributed by atoms with E-state index in [4.69, 9.17) is 31.2 Å². The first-order valence-corrected chi connectivity index (χ1v) is 9.27. The second kappa shape index (κ2) is 9.24. The van der Waals surface area contributed by atoms with Gasteiger partial charge < -0.3 is 18.9 Å². The SMILES string of the molecule is CCOc1cc(/C=N\n2c(-c3ccc(OC)cc3OC)n[nH]c2=S)ccc1OC. The van der Waals surface area contributed by atoms with Crippen LogP contribution in [0.25, 0.3) is 11.4 Å². The third-order valence-electron chi connectivity index (χ3n) is 4.11. The van der Waals surface area contributed by atoms with E-state index in [1.165, 1.54) is 4.68 Å². The summed E-state index contributed by atoms with van der Waals surface area (Å²) in [6, 6.07) is 11.0. The number of methoxy groups -OCH3 is 3. The van der Waals surface area contributed by atoms with Gasteiger partial charge in [0.25, 0.3) is 0 Å². The molecule has 0 spiro atoms. The lowest BCUT2D eigenvalue weighted by molar-refractivity contribution is 0.311. The highest BCUT2D eigenvalue weighted by atomic mass is 32.1. The van der Waals surface area contributed by atoms with Gasteiger partial charge in [-0.05, 0) is 55.0 Å². The first-order chi connectivity index (χ1) is 14.1. The Kier molecular flexibility index (Phi) is 6.50. The Balaban J connectivity index is 1.99. The van der Waals surface area contributed by atoms with Crippen LogP contribution < -0.4 is 18.9 Å². The van der Waals surface area contributed by atoms with Gasteiger partial charge in [0.05, 0.1) is 39.7 Å². The Bertz CT molecular complexity index is 1070. The Labute approximate surface area is 173 Å². The summed E-state index contributed by atoms with van der Waals surface area (Å²) in [7, 11) is 4.78. The van der Waals surface area contributed by atoms with Gasteiger partial charge in [-0.1, -0.05) is 0 Å². The molecule has 9 heteroatoms. The number of hydrogen-bond donors (Lipinski definition) is 1. The van der Waals surface area contributed by atoms with Crippen LogP contribution in [0.1, 0.15) is 12.5 Å². The molecule has 0 saturated carbocycles. The van der Waals surface area contributed by atoms with Gasteiger partial charge in [0.1, 0.15) is 11.5 Å². The van der Waals surface area contributed by atoms with E-state index in [9.17, 15) is 0 Å². The largest absolute Gasteiger partial charge is 0.497 e. The van der Waals surface area contributed by atoms with Crippen LogP contribution in [0, 0.1) is 4.77 Å². The fraction of sp³-hybridized carbons (Fsp3) is 0.250. The zero-order valence-corrected chi connectivity index (χ0v) is 17.4. The number of benzene rings is 2. The monoisotopic (exact) mass is 414 g/mol. The van der Waals surface area contributed by atoms with Crippen LogP contribution in [-0.2, 0) is 0 Å². The van der Waals surface area contributed by atoms with Crippen LogP contribution >= 0.6 is 12.2 Å². The summed E-state index contributed by atoms with van der Waals surface area (Å²) in [5.41, 5.74) is 1.55. The smallest absolute Gasteiger partial charge is 0.216 e. The first-order valence-electron chi connectivity index (χ1n) is 8.86. The molecule has 0 bridgehead atoms. The first kappa shape index (κ1) is 20.4. The van der Waals surface area contributed by atoms with E-state index in [1.807, 2.05) is 37.3 Å². The number of aromatic amines is 1. The van der Waals surface area contributed by atoms with Crippen molar-refractivity contribution in [2.45, 2.75) is 6.92 Å². The molecule has 0 amide bonds. The molecule has 3 rings (SSSR count). The van der Waals surface area contributed by atoms with Gasteiger partial charge in [0.15, 0.2) is 17.3 Å². The maximum atomic E-state index is 5.61. The van der Waals surface area contributed by atoms with Gasteiger partial charge in [-0.2, -0.15) is 14.9 Å². The third kappa shape index (κ3) is 4.40. The second-order valence-electron chi connectivity index (χ2n) is 5.82. The summed E-state index contributed by atoms with van der Waals surface area (Å²) in [5.74, 6) is 3.10. The van der Waals surface area contributed by atoms with Gasteiger partial charge >= 0.3 is 0 Å². The molecule has 0 atom stereocenters. The molecular formula is C20H22N4O4S. The molecule has 152 valence electrons. The summed E-state index contributed by atoms with van der Waals surface area (Å²) in [5, 5.41) is 11.6. The van der Waals surface area contributed by atoms with Crippen molar-refractivity contribution in [3.63, 3.8) is 0 Å². The second-order valence-corrected chi connectivity index (χ2v) is 6.20. The van der Waals surface area contributed by atoms with Crippen LogP contribution in [-0.4, -0.2) is 49.0 Å². The van der Waals surface area contributed by atoms with Crippen molar-refractivity contribution >= 4 is 18.4 Å². The van der Waals surface area contributed by atoms with E-state index < -0.39 is 0 Å². The molecule has 1 heterocycles. The molecule has 0 fully saturated rings. The van der Waals surface area contributed by atoms with Gasteiger partial charge in [0.2, 0.25) is 4.77 Å². The molecule has 0 radical (unpaired) electrons. The van der Waals surface area contributed by atoms with Crippen molar-refractivity contribution < 1.29 is 18.9 Å². The number of aromatic nitrogens is 3. The average molecular weight is 414 g/mol. The molecule has 0 saturated heterocycles. The molecule has 0 unspecified atom stereocenters. The molecule has 29 heavy (non-hydrogen) atoms. The molecule has 3 aromatic rings. The summed E-state index contributed by atoms with van der Waals surface area (Å²) < 4.78 is 23.5. The van der Waals surface area contributed by atoms with Gasteiger partial charge in [-0.15, -0.1) is 0 Å². The van der Waals surface area contributed by atoms with E-state index in [0.717, 1.165) is 11.1 Å². The van der Waals surface area contributed by atoms with E-state index in [2.05, 4.69) is 15.3 Å². The minimum Gasteiger partial charge on any atom is -0.497 e. The minimum absolute atomic E-state index is 0.354. The highest BCUT2D eigenvalue weighted by molar-refractivity contribution is 7.71. The van der Waals surface area contributed by atoms with Crippen LogP contribution in [0.15, 0.2) is 41.5 Å². The quantitative estimate of drug-likeness (QED) is 0.444. The number of hydrogen-bond acceptors (Lipinski definition) is 7. The lowest BCUT2D eigenvalue weighted by Crippen LogP contribution is -1.99. The predicted octanol–water partition coefficient (Wildman–Crippen LogP) is 3.91. The molecule has 1 aromatic heterocycles. The van der Waals surface area contributed by atoms with Gasteiger partial charge in [-0.25, -0.2) is 5.10 Å². The van der Waals surface area contributed by atoms with Crippen molar-refractivity contribution in [1.82, 2.24) is 14.9 Å². The standard InChI is InChI=1S/C20H22N4O4S/c1-5-28-18-10-13(6-9-16(18)26-3)12-21-24-19(22-23-20(24)29)15-8-7-14(25-2)11-17(15)27-4/h6-12H,5H2,1-4H3,(H,23,29)/b21-12-. The molecule has 8 nitrogen and oxygen atoms in total. The molecule has 0 aliphatic rings. The third-order valence-corrected chi connectivity index (χ3v) is 4.37. The van der Waals surface area contributed by atoms with Crippen molar-refractivity contribution in [2.24, 2.45) is 5.10 Å². The van der Waals surface area contributed by atoms with Crippen molar-refractivity contribution in [3.8, 4) is 34.4 Å². The number of rotatable bonds is 8. The van der Waals surface area contributed by atoms with Gasteiger partial charge in [-0.3, -0.25) is 0 Å².